The first-order valence-corrected chi connectivity index (χ1v) is 10.9. The molecule has 5 N–H and O–H groups in total. The lowest BCUT2D eigenvalue weighted by Gasteiger charge is -2.25. The molecule has 7 heteroatoms. The number of hydrogen-bond donors (Lipinski definition) is 3. The van der Waals surface area contributed by atoms with Gasteiger partial charge in [0.2, 0.25) is 5.17 Å². The second-order valence-electron chi connectivity index (χ2n) is 6.51. The smallest absolute Gasteiger partial charge is 0.203 e. The number of amidine groups is 1. The van der Waals surface area contributed by atoms with Crippen molar-refractivity contribution >= 4 is 34.6 Å². The van der Waals surface area contributed by atoms with Crippen molar-refractivity contribution in [2.75, 3.05) is 5.01 Å². The highest BCUT2D eigenvalue weighted by Crippen LogP contribution is 2.33. The van der Waals surface area contributed by atoms with E-state index < -0.39 is 0 Å². The zero-order valence-electron chi connectivity index (χ0n) is 16.4. The van der Waals surface area contributed by atoms with Crippen LogP contribution in [0.3, 0.4) is 0 Å². The standard InChI is InChI=1S/C22H25N5S2/c1-16-13-14-17(2)20(15-16)27(24)22(25-23)28-21(18-9-5-3-6-10-18)26-29-19-11-7-4-8-12-19/h3-15,21,26H,23-24H2,1-2H3/b25-22+. The first-order chi connectivity index (χ1) is 14.1. The first-order valence-electron chi connectivity index (χ1n) is 9.17. The Kier molecular flexibility index (Phi) is 7.60. The molecule has 150 valence electrons. The summed E-state index contributed by atoms with van der Waals surface area (Å²) in [6, 6.07) is 26.5. The fourth-order valence-electron chi connectivity index (χ4n) is 2.73. The lowest BCUT2D eigenvalue weighted by atomic mass is 10.1. The number of hydrogen-bond acceptors (Lipinski definition) is 6. The number of rotatable bonds is 6. The molecule has 0 amide bonds. The maximum atomic E-state index is 6.42. The molecule has 0 fully saturated rings. The van der Waals surface area contributed by atoms with Gasteiger partial charge in [0, 0.05) is 4.90 Å². The van der Waals surface area contributed by atoms with E-state index in [2.05, 4.69) is 40.2 Å². The minimum atomic E-state index is -0.0973. The van der Waals surface area contributed by atoms with Crippen LogP contribution in [-0.2, 0) is 0 Å². The van der Waals surface area contributed by atoms with Gasteiger partial charge in [-0.25, -0.2) is 10.6 Å². The topological polar surface area (TPSA) is 79.7 Å². The highest BCUT2D eigenvalue weighted by Gasteiger charge is 2.20. The summed E-state index contributed by atoms with van der Waals surface area (Å²) >= 11 is 3.04. The van der Waals surface area contributed by atoms with Crippen molar-refractivity contribution in [3.05, 3.63) is 95.6 Å². The summed E-state index contributed by atoms with van der Waals surface area (Å²) in [4.78, 5) is 1.12. The number of anilines is 1. The third-order valence-electron chi connectivity index (χ3n) is 4.29. The predicted octanol–water partition coefficient (Wildman–Crippen LogP) is 4.94. The van der Waals surface area contributed by atoms with Gasteiger partial charge < -0.3 is 5.84 Å². The molecule has 3 aromatic rings. The van der Waals surface area contributed by atoms with Crippen LogP contribution in [0, 0.1) is 13.8 Å². The number of nitrogens with zero attached hydrogens (tertiary/aromatic N) is 2. The summed E-state index contributed by atoms with van der Waals surface area (Å²) in [5.74, 6) is 12.2. The Labute approximate surface area is 180 Å². The van der Waals surface area contributed by atoms with Crippen LogP contribution in [0.15, 0.2) is 88.9 Å². The molecule has 0 bridgehead atoms. The van der Waals surface area contributed by atoms with E-state index in [-0.39, 0.29) is 5.37 Å². The number of nitrogens with one attached hydrogen (secondary N) is 1. The summed E-state index contributed by atoms with van der Waals surface area (Å²) < 4.78 is 3.51. The van der Waals surface area contributed by atoms with Crippen molar-refractivity contribution in [1.29, 1.82) is 0 Å². The Balaban J connectivity index is 1.82. The van der Waals surface area contributed by atoms with Crippen molar-refractivity contribution < 1.29 is 0 Å². The second kappa shape index (κ2) is 10.4. The lowest BCUT2D eigenvalue weighted by molar-refractivity contribution is 0.946. The maximum absolute atomic E-state index is 6.42. The highest BCUT2D eigenvalue weighted by molar-refractivity contribution is 8.14. The third kappa shape index (κ3) is 5.77. The summed E-state index contributed by atoms with van der Waals surface area (Å²) in [6.45, 7) is 4.06. The molecule has 5 nitrogen and oxygen atoms in total. The summed E-state index contributed by atoms with van der Waals surface area (Å²) in [5.41, 5.74) is 4.17. The number of hydrazone groups is 1. The van der Waals surface area contributed by atoms with Crippen molar-refractivity contribution in [3.63, 3.8) is 0 Å². The van der Waals surface area contributed by atoms with Crippen LogP contribution < -0.4 is 21.4 Å². The lowest BCUT2D eigenvalue weighted by Crippen LogP contribution is -2.38. The highest BCUT2D eigenvalue weighted by atomic mass is 32.2. The van der Waals surface area contributed by atoms with Crippen LogP contribution in [0.1, 0.15) is 22.1 Å². The van der Waals surface area contributed by atoms with Gasteiger partial charge in [0.1, 0.15) is 0 Å². The van der Waals surface area contributed by atoms with Gasteiger partial charge in [-0.05, 0) is 60.7 Å². The van der Waals surface area contributed by atoms with E-state index >= 15 is 0 Å². The van der Waals surface area contributed by atoms with Gasteiger partial charge in [0.15, 0.2) is 0 Å². The molecule has 3 rings (SSSR count). The Hall–Kier alpha value is -2.45. The minimum Gasteiger partial charge on any atom is -0.321 e. The minimum absolute atomic E-state index is 0.0973. The molecule has 0 saturated heterocycles. The van der Waals surface area contributed by atoms with Gasteiger partial charge >= 0.3 is 0 Å². The Morgan fingerprint density at radius 1 is 0.966 bits per heavy atom. The summed E-state index contributed by atoms with van der Waals surface area (Å²) in [5, 5.41) is 5.96. The van der Waals surface area contributed by atoms with E-state index in [1.807, 2.05) is 62.4 Å². The summed E-state index contributed by atoms with van der Waals surface area (Å²) in [7, 11) is 0. The Bertz CT molecular complexity index is 948. The predicted molar refractivity (Wildman–Crippen MR) is 126 cm³/mol. The van der Waals surface area contributed by atoms with E-state index in [4.69, 9.17) is 11.7 Å². The van der Waals surface area contributed by atoms with E-state index in [9.17, 15) is 0 Å². The summed E-state index contributed by atoms with van der Waals surface area (Å²) in [6.07, 6.45) is 0. The SMILES string of the molecule is Cc1ccc(C)c(N(N)/C(=N\N)SC(NSc2ccccc2)c2ccccc2)c1. The molecular weight excluding hydrogens is 398 g/mol. The number of nitrogens with two attached hydrogens (primary N) is 2. The van der Waals surface area contributed by atoms with Gasteiger partial charge in [0.25, 0.3) is 0 Å². The molecule has 29 heavy (non-hydrogen) atoms. The molecule has 0 spiro atoms. The average molecular weight is 424 g/mol. The molecule has 0 radical (unpaired) electrons. The zero-order chi connectivity index (χ0) is 20.6. The van der Waals surface area contributed by atoms with Crippen LogP contribution >= 0.6 is 23.7 Å². The van der Waals surface area contributed by atoms with Crippen LogP contribution in [0.2, 0.25) is 0 Å². The van der Waals surface area contributed by atoms with Gasteiger partial charge in [-0.2, -0.15) is 5.10 Å². The molecule has 1 atom stereocenters. The average Bonchev–Trinajstić information content (AvgIpc) is 2.76. The molecule has 0 heterocycles. The Morgan fingerprint density at radius 2 is 1.62 bits per heavy atom. The molecule has 0 aliphatic heterocycles. The monoisotopic (exact) mass is 423 g/mol. The fraction of sp³-hybridized carbons (Fsp3) is 0.136. The molecule has 0 aliphatic carbocycles. The van der Waals surface area contributed by atoms with E-state index in [1.54, 1.807) is 17.0 Å². The Morgan fingerprint density at radius 3 is 2.28 bits per heavy atom. The molecule has 1 unspecified atom stereocenters. The number of aryl methyl sites for hydroxylation is 2. The molecule has 0 aromatic heterocycles. The molecular formula is C22H25N5S2. The number of thioether (sulfide) groups is 1. The maximum Gasteiger partial charge on any atom is 0.203 e. The van der Waals surface area contributed by atoms with Crippen molar-refractivity contribution in [3.8, 4) is 0 Å². The van der Waals surface area contributed by atoms with Crippen LogP contribution in [-0.4, -0.2) is 5.17 Å². The third-order valence-corrected chi connectivity index (χ3v) is 6.44. The first kappa shape index (κ1) is 21.3. The van der Waals surface area contributed by atoms with Crippen LogP contribution in [0.4, 0.5) is 5.69 Å². The second-order valence-corrected chi connectivity index (χ2v) is 8.50. The van der Waals surface area contributed by atoms with Crippen LogP contribution in [0.25, 0.3) is 0 Å². The van der Waals surface area contributed by atoms with Gasteiger partial charge in [-0.1, -0.05) is 72.4 Å². The van der Waals surface area contributed by atoms with Crippen molar-refractivity contribution in [1.82, 2.24) is 4.72 Å². The number of hydrazine groups is 1. The van der Waals surface area contributed by atoms with E-state index in [0.29, 0.717) is 5.17 Å². The molecule has 3 aromatic carbocycles. The quantitative estimate of drug-likeness (QED) is 0.130. The van der Waals surface area contributed by atoms with E-state index in [0.717, 1.165) is 27.3 Å². The number of benzene rings is 3. The van der Waals surface area contributed by atoms with Crippen LogP contribution in [0.5, 0.6) is 0 Å². The zero-order valence-corrected chi connectivity index (χ0v) is 18.1. The van der Waals surface area contributed by atoms with Gasteiger partial charge in [0.05, 0.1) is 11.1 Å². The van der Waals surface area contributed by atoms with Crippen molar-refractivity contribution in [2.45, 2.75) is 24.1 Å². The fourth-order valence-corrected chi connectivity index (χ4v) is 4.52. The van der Waals surface area contributed by atoms with Crippen molar-refractivity contribution in [2.24, 2.45) is 16.8 Å². The van der Waals surface area contributed by atoms with E-state index in [1.165, 1.54) is 11.8 Å². The molecule has 0 aliphatic rings. The molecule has 0 saturated carbocycles. The van der Waals surface area contributed by atoms with Gasteiger partial charge in [-0.15, -0.1) is 0 Å². The largest absolute Gasteiger partial charge is 0.321 e. The normalized spacial score (nSPS) is 12.6. The van der Waals surface area contributed by atoms with Gasteiger partial charge in [-0.3, -0.25) is 5.01 Å².